The molecule has 0 radical (unpaired) electrons. The lowest BCUT2D eigenvalue weighted by molar-refractivity contribution is 1.07. The Hall–Kier alpha value is -5.03. The Morgan fingerprint density at radius 1 is 0.333 bits per heavy atom. The molecule has 6 rings (SSSR count). The van der Waals surface area contributed by atoms with Crippen LogP contribution in [0.15, 0.2) is 128 Å². The summed E-state index contributed by atoms with van der Waals surface area (Å²) >= 11 is 0. The highest BCUT2D eigenvalue weighted by atomic mass is 15.0. The number of aromatic nitrogens is 5. The first kappa shape index (κ1) is 21.5. The SMILES string of the molecule is c1ccc(-c2nc(-c3cccc(-c4cccnc4)c3)nc(-c3cccc(-c4cccnc4)c3)n2)cc1. The quantitative estimate of drug-likeness (QED) is 0.275. The Labute approximate surface area is 209 Å². The molecule has 0 aliphatic heterocycles. The predicted molar refractivity (Wildman–Crippen MR) is 143 cm³/mol. The van der Waals surface area contributed by atoms with Gasteiger partial charge in [0, 0.05) is 52.6 Å². The highest BCUT2D eigenvalue weighted by Gasteiger charge is 2.13. The van der Waals surface area contributed by atoms with Crippen molar-refractivity contribution in [3.05, 3.63) is 128 Å². The molecule has 36 heavy (non-hydrogen) atoms. The van der Waals surface area contributed by atoms with Crippen LogP contribution in [-0.4, -0.2) is 24.9 Å². The minimum absolute atomic E-state index is 0.622. The van der Waals surface area contributed by atoms with Gasteiger partial charge in [-0.3, -0.25) is 9.97 Å². The molecule has 0 bridgehead atoms. The largest absolute Gasteiger partial charge is 0.264 e. The van der Waals surface area contributed by atoms with Gasteiger partial charge in [-0.25, -0.2) is 15.0 Å². The number of hydrogen-bond donors (Lipinski definition) is 0. The molecule has 3 aromatic carbocycles. The van der Waals surface area contributed by atoms with E-state index in [2.05, 4.69) is 34.2 Å². The summed E-state index contributed by atoms with van der Waals surface area (Å²) in [6, 6.07) is 34.4. The van der Waals surface area contributed by atoms with Gasteiger partial charge in [0.15, 0.2) is 17.5 Å². The van der Waals surface area contributed by atoms with Gasteiger partial charge in [0.2, 0.25) is 0 Å². The molecule has 170 valence electrons. The van der Waals surface area contributed by atoms with E-state index in [1.165, 1.54) is 0 Å². The van der Waals surface area contributed by atoms with Gasteiger partial charge in [0.1, 0.15) is 0 Å². The summed E-state index contributed by atoms with van der Waals surface area (Å²) < 4.78 is 0. The van der Waals surface area contributed by atoms with Gasteiger partial charge in [0.05, 0.1) is 0 Å². The molecular formula is C31H21N5. The Kier molecular flexibility index (Phi) is 5.78. The summed E-state index contributed by atoms with van der Waals surface area (Å²) in [7, 11) is 0. The number of nitrogens with zero attached hydrogens (tertiary/aromatic N) is 5. The van der Waals surface area contributed by atoms with Crippen molar-refractivity contribution in [2.75, 3.05) is 0 Å². The van der Waals surface area contributed by atoms with Crippen LogP contribution in [0, 0.1) is 0 Å². The third-order valence-corrected chi connectivity index (χ3v) is 5.90. The van der Waals surface area contributed by atoms with Gasteiger partial charge in [-0.15, -0.1) is 0 Å². The van der Waals surface area contributed by atoms with E-state index in [0.717, 1.165) is 38.9 Å². The van der Waals surface area contributed by atoms with Gasteiger partial charge in [-0.1, -0.05) is 78.9 Å². The second kappa shape index (κ2) is 9.68. The van der Waals surface area contributed by atoms with E-state index in [0.29, 0.717) is 17.5 Å². The van der Waals surface area contributed by atoms with Crippen LogP contribution < -0.4 is 0 Å². The first-order chi connectivity index (χ1) is 17.8. The molecule has 0 spiro atoms. The number of rotatable bonds is 5. The van der Waals surface area contributed by atoms with Crippen LogP contribution in [0.4, 0.5) is 0 Å². The topological polar surface area (TPSA) is 64.5 Å². The van der Waals surface area contributed by atoms with Gasteiger partial charge in [-0.05, 0) is 35.4 Å². The zero-order valence-electron chi connectivity index (χ0n) is 19.4. The third kappa shape index (κ3) is 4.50. The highest BCUT2D eigenvalue weighted by Crippen LogP contribution is 2.29. The van der Waals surface area contributed by atoms with Crippen LogP contribution in [0.1, 0.15) is 0 Å². The smallest absolute Gasteiger partial charge is 0.164 e. The molecule has 0 aliphatic carbocycles. The Bertz CT molecular complexity index is 1520. The van der Waals surface area contributed by atoms with E-state index in [9.17, 15) is 0 Å². The normalized spacial score (nSPS) is 10.8. The van der Waals surface area contributed by atoms with Crippen molar-refractivity contribution < 1.29 is 0 Å². The standard InChI is InChI=1S/C31H21N5/c1-2-8-22(9-3-1)29-34-30(25-12-4-10-23(18-25)27-14-6-16-32-20-27)36-31(35-29)26-13-5-11-24(19-26)28-15-7-17-33-21-28/h1-21H. The van der Waals surface area contributed by atoms with Crippen molar-refractivity contribution in [2.45, 2.75) is 0 Å². The summed E-state index contributed by atoms with van der Waals surface area (Å²) in [5.41, 5.74) is 6.97. The van der Waals surface area contributed by atoms with E-state index in [1.807, 2.05) is 91.3 Å². The molecule has 3 heterocycles. The van der Waals surface area contributed by atoms with Crippen LogP contribution in [0.5, 0.6) is 0 Å². The summed E-state index contributed by atoms with van der Waals surface area (Å²) in [5, 5.41) is 0. The van der Waals surface area contributed by atoms with Crippen LogP contribution >= 0.6 is 0 Å². The lowest BCUT2D eigenvalue weighted by atomic mass is 10.0. The molecule has 0 atom stereocenters. The second-order valence-corrected chi connectivity index (χ2v) is 8.32. The van der Waals surface area contributed by atoms with E-state index < -0.39 is 0 Å². The fraction of sp³-hybridized carbons (Fsp3) is 0. The monoisotopic (exact) mass is 463 g/mol. The molecule has 0 aliphatic rings. The van der Waals surface area contributed by atoms with Gasteiger partial charge in [0.25, 0.3) is 0 Å². The molecule has 0 saturated heterocycles. The van der Waals surface area contributed by atoms with Crippen molar-refractivity contribution in [3.8, 4) is 56.4 Å². The molecule has 3 aromatic heterocycles. The van der Waals surface area contributed by atoms with Crippen molar-refractivity contribution in [3.63, 3.8) is 0 Å². The Balaban J connectivity index is 1.50. The summed E-state index contributed by atoms with van der Waals surface area (Å²) in [6.45, 7) is 0. The zero-order valence-corrected chi connectivity index (χ0v) is 19.4. The number of benzene rings is 3. The molecule has 0 N–H and O–H groups in total. The van der Waals surface area contributed by atoms with Crippen molar-refractivity contribution in [1.29, 1.82) is 0 Å². The first-order valence-corrected chi connectivity index (χ1v) is 11.7. The maximum absolute atomic E-state index is 4.92. The summed E-state index contributed by atoms with van der Waals surface area (Å²) in [6.07, 6.45) is 7.27. The predicted octanol–water partition coefficient (Wildman–Crippen LogP) is 7.00. The fourth-order valence-electron chi connectivity index (χ4n) is 4.09. The summed E-state index contributed by atoms with van der Waals surface area (Å²) in [4.78, 5) is 23.2. The minimum atomic E-state index is 0.622. The molecule has 0 saturated carbocycles. The number of hydrogen-bond acceptors (Lipinski definition) is 5. The molecule has 0 amide bonds. The van der Waals surface area contributed by atoms with E-state index in [4.69, 9.17) is 15.0 Å². The highest BCUT2D eigenvalue weighted by molar-refractivity contribution is 5.74. The average molecular weight is 464 g/mol. The fourth-order valence-corrected chi connectivity index (χ4v) is 4.09. The van der Waals surface area contributed by atoms with Crippen LogP contribution in [0.3, 0.4) is 0 Å². The van der Waals surface area contributed by atoms with Gasteiger partial charge in [-0.2, -0.15) is 0 Å². The number of pyridine rings is 2. The minimum Gasteiger partial charge on any atom is -0.264 e. The first-order valence-electron chi connectivity index (χ1n) is 11.7. The second-order valence-electron chi connectivity index (χ2n) is 8.32. The van der Waals surface area contributed by atoms with Crippen LogP contribution in [0.2, 0.25) is 0 Å². The molecule has 6 aromatic rings. The Morgan fingerprint density at radius 2 is 0.750 bits per heavy atom. The zero-order chi connectivity index (χ0) is 24.2. The molecule has 0 fully saturated rings. The van der Waals surface area contributed by atoms with Crippen molar-refractivity contribution in [2.24, 2.45) is 0 Å². The molecule has 5 nitrogen and oxygen atoms in total. The van der Waals surface area contributed by atoms with Crippen LogP contribution in [-0.2, 0) is 0 Å². The molecule has 5 heteroatoms. The van der Waals surface area contributed by atoms with E-state index >= 15 is 0 Å². The summed E-state index contributed by atoms with van der Waals surface area (Å²) in [5.74, 6) is 1.88. The maximum Gasteiger partial charge on any atom is 0.164 e. The molecule has 0 unspecified atom stereocenters. The van der Waals surface area contributed by atoms with Crippen molar-refractivity contribution in [1.82, 2.24) is 24.9 Å². The van der Waals surface area contributed by atoms with Gasteiger partial charge >= 0.3 is 0 Å². The Morgan fingerprint density at radius 3 is 1.22 bits per heavy atom. The lowest BCUT2D eigenvalue weighted by Gasteiger charge is -2.10. The van der Waals surface area contributed by atoms with Crippen LogP contribution in [0.25, 0.3) is 56.4 Å². The maximum atomic E-state index is 4.92. The third-order valence-electron chi connectivity index (χ3n) is 5.90. The lowest BCUT2D eigenvalue weighted by Crippen LogP contribution is -2.00. The average Bonchev–Trinajstić information content (AvgIpc) is 2.98. The van der Waals surface area contributed by atoms with E-state index in [1.54, 1.807) is 12.4 Å². The van der Waals surface area contributed by atoms with Crippen molar-refractivity contribution >= 4 is 0 Å². The van der Waals surface area contributed by atoms with Gasteiger partial charge < -0.3 is 0 Å². The van der Waals surface area contributed by atoms with E-state index in [-0.39, 0.29) is 0 Å². The molecular weight excluding hydrogens is 442 g/mol.